The van der Waals surface area contributed by atoms with E-state index >= 15 is 0 Å². The Kier molecular flexibility index (Phi) is 5.03. The summed E-state index contributed by atoms with van der Waals surface area (Å²) in [6.45, 7) is 6.15. The van der Waals surface area contributed by atoms with Crippen molar-refractivity contribution in [3.05, 3.63) is 64.7 Å². The molecule has 4 rings (SSSR count). The van der Waals surface area contributed by atoms with Crippen LogP contribution in [0.15, 0.2) is 46.9 Å². The minimum absolute atomic E-state index is 0.343. The van der Waals surface area contributed by atoms with E-state index in [9.17, 15) is 9.90 Å². The lowest BCUT2D eigenvalue weighted by atomic mass is 9.84. The van der Waals surface area contributed by atoms with Gasteiger partial charge in [-0.05, 0) is 56.4 Å². The highest BCUT2D eigenvalue weighted by molar-refractivity contribution is 5.99. The molecule has 28 heavy (non-hydrogen) atoms. The molecule has 0 radical (unpaired) electrons. The number of carbonyl (C=O) groups is 1. The van der Waals surface area contributed by atoms with E-state index < -0.39 is 5.97 Å². The highest BCUT2D eigenvalue weighted by Crippen LogP contribution is 2.42. The number of carboxylic acid groups (broad SMARTS) is 1. The van der Waals surface area contributed by atoms with Gasteiger partial charge in [0, 0.05) is 23.6 Å². The molecular formula is C24H26NO3+. The number of rotatable bonds is 4. The average molecular weight is 376 g/mol. The summed E-state index contributed by atoms with van der Waals surface area (Å²) in [5, 5.41) is 10.9. The highest BCUT2D eigenvalue weighted by Gasteiger charge is 2.26. The Bertz CT molecular complexity index is 1070. The molecule has 4 nitrogen and oxygen atoms in total. The Morgan fingerprint density at radius 1 is 1.04 bits per heavy atom. The van der Waals surface area contributed by atoms with Crippen molar-refractivity contribution in [3.63, 3.8) is 0 Å². The molecule has 3 aliphatic rings. The number of carboxylic acids is 1. The van der Waals surface area contributed by atoms with E-state index in [1.807, 2.05) is 12.1 Å². The highest BCUT2D eigenvalue weighted by atomic mass is 16.4. The van der Waals surface area contributed by atoms with Gasteiger partial charge >= 0.3 is 5.97 Å². The zero-order valence-electron chi connectivity index (χ0n) is 16.5. The normalized spacial score (nSPS) is 13.4. The molecular weight excluding hydrogens is 350 g/mol. The molecule has 1 aromatic rings. The first-order valence-electron chi connectivity index (χ1n) is 10.1. The van der Waals surface area contributed by atoms with Crippen molar-refractivity contribution in [1.29, 1.82) is 0 Å². The maximum absolute atomic E-state index is 11.9. The van der Waals surface area contributed by atoms with Crippen LogP contribution in [-0.4, -0.2) is 24.2 Å². The number of nitrogens with zero attached hydrogens (tertiary/aromatic N) is 1. The number of aryl methyl sites for hydroxylation is 1. The van der Waals surface area contributed by atoms with Crippen LogP contribution in [0.25, 0.3) is 22.5 Å². The summed E-state index contributed by atoms with van der Waals surface area (Å²) >= 11 is 0. The van der Waals surface area contributed by atoms with Gasteiger partial charge in [0.05, 0.1) is 11.6 Å². The average Bonchev–Trinajstić information content (AvgIpc) is 2.72. The van der Waals surface area contributed by atoms with Crippen molar-refractivity contribution in [2.45, 2.75) is 39.5 Å². The first-order valence-corrected chi connectivity index (χ1v) is 10.1. The first kappa shape index (κ1) is 18.5. The predicted molar refractivity (Wildman–Crippen MR) is 111 cm³/mol. The number of hydrogen-bond donors (Lipinski definition) is 1. The summed E-state index contributed by atoms with van der Waals surface area (Å²) in [4.78, 5) is 11.9. The van der Waals surface area contributed by atoms with Gasteiger partial charge in [0.25, 0.3) is 0 Å². The Labute approximate surface area is 165 Å². The van der Waals surface area contributed by atoms with E-state index in [0.717, 1.165) is 72.3 Å². The molecule has 0 amide bonds. The van der Waals surface area contributed by atoms with E-state index in [2.05, 4.69) is 36.6 Å². The lowest BCUT2D eigenvalue weighted by Gasteiger charge is -2.23. The Hall–Kier alpha value is -2.88. The van der Waals surface area contributed by atoms with Crippen molar-refractivity contribution < 1.29 is 14.3 Å². The zero-order chi connectivity index (χ0) is 19.7. The van der Waals surface area contributed by atoms with Crippen LogP contribution in [0.4, 0.5) is 0 Å². The van der Waals surface area contributed by atoms with E-state index in [4.69, 9.17) is 4.42 Å². The van der Waals surface area contributed by atoms with Crippen molar-refractivity contribution in [3.8, 4) is 22.5 Å². The van der Waals surface area contributed by atoms with Crippen molar-refractivity contribution >= 4 is 5.97 Å². The topological polar surface area (TPSA) is 53.5 Å². The Morgan fingerprint density at radius 2 is 1.79 bits per heavy atom. The van der Waals surface area contributed by atoms with Crippen LogP contribution in [-0.2, 0) is 12.8 Å². The minimum Gasteiger partial charge on any atom is -0.478 e. The summed E-state index contributed by atoms with van der Waals surface area (Å²) in [5.74, 6) is 0.944. The maximum atomic E-state index is 11.9. The van der Waals surface area contributed by atoms with Crippen molar-refractivity contribution in [1.82, 2.24) is 4.58 Å². The van der Waals surface area contributed by atoms with Crippen molar-refractivity contribution in [2.24, 2.45) is 0 Å². The molecule has 4 heteroatoms. The molecule has 1 heterocycles. The lowest BCUT2D eigenvalue weighted by Crippen LogP contribution is -2.29. The molecule has 0 aromatic heterocycles. The molecule has 2 aliphatic carbocycles. The van der Waals surface area contributed by atoms with Gasteiger partial charge in [-0.15, -0.1) is 0 Å². The van der Waals surface area contributed by atoms with Crippen LogP contribution in [0.5, 0.6) is 0 Å². The molecule has 144 valence electrons. The van der Waals surface area contributed by atoms with Gasteiger partial charge in [-0.25, -0.2) is 9.37 Å². The largest absolute Gasteiger partial charge is 0.478 e. The van der Waals surface area contributed by atoms with Crippen LogP contribution in [0.3, 0.4) is 0 Å². The van der Waals surface area contributed by atoms with Crippen LogP contribution >= 0.6 is 0 Å². The predicted octanol–water partition coefficient (Wildman–Crippen LogP) is 4.44. The zero-order valence-corrected chi connectivity index (χ0v) is 16.5. The maximum Gasteiger partial charge on any atom is 0.336 e. The van der Waals surface area contributed by atoms with Crippen molar-refractivity contribution in [2.75, 3.05) is 13.1 Å². The molecule has 0 atom stereocenters. The fourth-order valence-corrected chi connectivity index (χ4v) is 4.33. The number of fused-ring (bicyclic) bond motifs is 2. The van der Waals surface area contributed by atoms with Gasteiger partial charge in [0.2, 0.25) is 5.36 Å². The fraction of sp³-hybridized carbons (Fsp3) is 0.333. The smallest absolute Gasteiger partial charge is 0.336 e. The summed E-state index contributed by atoms with van der Waals surface area (Å²) < 4.78 is 8.64. The van der Waals surface area contributed by atoms with Gasteiger partial charge in [-0.2, -0.15) is 0 Å². The number of aromatic carboxylic acids is 1. The molecule has 1 N–H and O–H groups in total. The molecule has 0 unspecified atom stereocenters. The Balaban J connectivity index is 2.08. The summed E-state index contributed by atoms with van der Waals surface area (Å²) in [7, 11) is 0. The lowest BCUT2D eigenvalue weighted by molar-refractivity contribution is 0.0697. The van der Waals surface area contributed by atoms with Crippen LogP contribution in [0.2, 0.25) is 0 Å². The van der Waals surface area contributed by atoms with Crippen LogP contribution < -0.4 is 9.93 Å². The summed E-state index contributed by atoms with van der Waals surface area (Å²) in [5.41, 5.74) is 4.31. The number of benzene rings is 2. The Morgan fingerprint density at radius 3 is 2.54 bits per heavy atom. The summed E-state index contributed by atoms with van der Waals surface area (Å²) in [6, 6.07) is 13.6. The molecule has 0 fully saturated rings. The first-order chi connectivity index (χ1) is 13.6. The van der Waals surface area contributed by atoms with Gasteiger partial charge in [0.15, 0.2) is 0 Å². The third kappa shape index (κ3) is 3.13. The molecule has 0 saturated carbocycles. The second kappa shape index (κ2) is 7.63. The van der Waals surface area contributed by atoms with E-state index in [1.54, 1.807) is 12.1 Å². The fourth-order valence-electron chi connectivity index (χ4n) is 4.33. The van der Waals surface area contributed by atoms with Gasteiger partial charge in [-0.3, -0.25) is 0 Å². The van der Waals surface area contributed by atoms with Crippen LogP contribution in [0.1, 0.15) is 48.4 Å². The number of hydrogen-bond acceptors (Lipinski definition) is 2. The van der Waals surface area contributed by atoms with E-state index in [0.29, 0.717) is 5.56 Å². The second-order valence-electron chi connectivity index (χ2n) is 7.29. The molecule has 0 saturated heterocycles. The third-order valence-corrected chi connectivity index (χ3v) is 5.74. The van der Waals surface area contributed by atoms with E-state index in [-0.39, 0.29) is 0 Å². The monoisotopic (exact) mass is 376 g/mol. The standard InChI is InChI=1S/C24H25NO3/c1-3-25(4-2)16-13-14-20-22(15-16)28-21-12-8-7-11-19(21)23(20)17-9-5-6-10-18(17)24(26)27/h5-6,9-10,13-15H,3-4,7-8,11-12H2,1-2H3/p+1. The van der Waals surface area contributed by atoms with E-state index in [1.165, 1.54) is 5.56 Å². The molecule has 1 aliphatic heterocycles. The quantitative estimate of drug-likeness (QED) is 0.685. The van der Waals surface area contributed by atoms with Crippen LogP contribution in [0, 0.1) is 0 Å². The summed E-state index contributed by atoms with van der Waals surface area (Å²) in [6.07, 6.45) is 4.05. The molecule has 0 bridgehead atoms. The van der Waals surface area contributed by atoms with Gasteiger partial charge < -0.3 is 9.52 Å². The SMILES string of the molecule is CC[N+](CC)=c1ccc2c(-c3ccccc3C(=O)O)c3c(oc-2c1)CCCC3. The third-order valence-electron chi connectivity index (χ3n) is 5.74. The minimum atomic E-state index is -0.895. The molecule has 1 aromatic carbocycles. The molecule has 0 spiro atoms. The second-order valence-corrected chi connectivity index (χ2v) is 7.29. The van der Waals surface area contributed by atoms with Gasteiger partial charge in [-0.1, -0.05) is 18.2 Å². The van der Waals surface area contributed by atoms with Gasteiger partial charge in [0.1, 0.15) is 24.6 Å².